The van der Waals surface area contributed by atoms with Crippen molar-refractivity contribution in [1.29, 1.82) is 5.26 Å². The minimum Gasteiger partial charge on any atom is -0.384 e. The molecule has 0 unspecified atom stereocenters. The molecule has 0 radical (unpaired) electrons. The molecule has 1 saturated heterocycles. The Morgan fingerprint density at radius 3 is 2.66 bits per heavy atom. The van der Waals surface area contributed by atoms with Gasteiger partial charge in [0.1, 0.15) is 0 Å². The lowest BCUT2D eigenvalue weighted by Crippen LogP contribution is -2.38. The van der Waals surface area contributed by atoms with Crippen molar-refractivity contribution in [2.45, 2.75) is 0 Å². The monoisotopic (exact) mass is 424 g/mol. The normalized spacial score (nSPS) is 14.5. The molecule has 1 aliphatic rings. The van der Waals surface area contributed by atoms with Gasteiger partial charge < -0.3 is 14.5 Å². The topological polar surface area (TPSA) is 69.8 Å². The van der Waals surface area contributed by atoms with E-state index in [9.17, 15) is 10.1 Å². The fourth-order valence-electron chi connectivity index (χ4n) is 4.28. The number of ketones is 1. The van der Waals surface area contributed by atoms with Gasteiger partial charge in [0.2, 0.25) is 0 Å². The number of pyridine rings is 1. The van der Waals surface area contributed by atoms with Crippen LogP contribution in [0.3, 0.4) is 0 Å². The Morgan fingerprint density at radius 2 is 1.88 bits per heavy atom. The number of carbonyl (C=O) groups excluding carboxylic acids is 1. The molecule has 2 aromatic heterocycles. The fourth-order valence-corrected chi connectivity index (χ4v) is 4.28. The van der Waals surface area contributed by atoms with Gasteiger partial charge in [0, 0.05) is 60.1 Å². The number of carbonyl (C=O) groups is 1. The zero-order valence-electron chi connectivity index (χ0n) is 17.8. The summed E-state index contributed by atoms with van der Waals surface area (Å²) in [4.78, 5) is 15.8. The highest BCUT2D eigenvalue weighted by Gasteiger charge is 2.17. The van der Waals surface area contributed by atoms with E-state index in [4.69, 9.17) is 4.74 Å². The predicted octanol–water partition coefficient (Wildman–Crippen LogP) is 3.94. The first-order valence-corrected chi connectivity index (χ1v) is 10.9. The second-order valence-corrected chi connectivity index (χ2v) is 8.00. The van der Waals surface area contributed by atoms with Gasteiger partial charge in [-0.2, -0.15) is 5.26 Å². The SMILES string of the molecule is N#Cc1cc(C(=O)c2ccc(NCCN3CCOCC3)cc2)c2c(ccc3cccn32)c1. The van der Waals surface area contributed by atoms with Gasteiger partial charge in [-0.25, -0.2) is 0 Å². The first-order valence-electron chi connectivity index (χ1n) is 10.9. The Kier molecular flexibility index (Phi) is 5.59. The van der Waals surface area contributed by atoms with E-state index in [0.29, 0.717) is 16.7 Å². The molecule has 5 rings (SSSR count). The Balaban J connectivity index is 1.39. The Labute approximate surface area is 186 Å². The highest BCUT2D eigenvalue weighted by molar-refractivity contribution is 6.16. The largest absolute Gasteiger partial charge is 0.384 e. The summed E-state index contributed by atoms with van der Waals surface area (Å²) in [6, 6.07) is 21.2. The van der Waals surface area contributed by atoms with Gasteiger partial charge in [0.05, 0.1) is 30.4 Å². The van der Waals surface area contributed by atoms with Gasteiger partial charge in [0.25, 0.3) is 0 Å². The van der Waals surface area contributed by atoms with Crippen LogP contribution in [0.1, 0.15) is 21.5 Å². The zero-order valence-corrected chi connectivity index (χ0v) is 17.8. The molecule has 0 bridgehead atoms. The molecule has 1 aliphatic heterocycles. The van der Waals surface area contributed by atoms with E-state index < -0.39 is 0 Å². The van der Waals surface area contributed by atoms with Crippen LogP contribution in [0.5, 0.6) is 0 Å². The number of nitrogens with zero attached hydrogens (tertiary/aromatic N) is 3. The number of ether oxygens (including phenoxy) is 1. The molecule has 0 saturated carbocycles. The van der Waals surface area contributed by atoms with E-state index in [1.165, 1.54) is 0 Å². The molecule has 2 aromatic carbocycles. The average molecular weight is 425 g/mol. The van der Waals surface area contributed by atoms with Crippen LogP contribution in [-0.4, -0.2) is 54.5 Å². The number of rotatable bonds is 6. The van der Waals surface area contributed by atoms with Crippen LogP contribution in [-0.2, 0) is 4.74 Å². The number of morpholine rings is 1. The lowest BCUT2D eigenvalue weighted by atomic mass is 9.97. The van der Waals surface area contributed by atoms with Crippen LogP contribution in [0, 0.1) is 11.3 Å². The van der Waals surface area contributed by atoms with Crippen molar-refractivity contribution in [3.63, 3.8) is 0 Å². The molecule has 1 fully saturated rings. The molecule has 0 atom stereocenters. The number of hydrogen-bond acceptors (Lipinski definition) is 5. The van der Waals surface area contributed by atoms with Crippen LogP contribution in [0.25, 0.3) is 16.4 Å². The first kappa shape index (κ1) is 20.3. The maximum absolute atomic E-state index is 13.5. The number of anilines is 1. The van der Waals surface area contributed by atoms with E-state index >= 15 is 0 Å². The highest BCUT2D eigenvalue weighted by atomic mass is 16.5. The van der Waals surface area contributed by atoms with Crippen molar-refractivity contribution in [3.05, 3.63) is 83.6 Å². The maximum atomic E-state index is 13.5. The molecule has 3 heterocycles. The van der Waals surface area contributed by atoms with Crippen LogP contribution < -0.4 is 5.32 Å². The first-order chi connectivity index (χ1) is 15.7. The van der Waals surface area contributed by atoms with Gasteiger partial charge in [-0.05, 0) is 54.6 Å². The number of nitriles is 1. The second kappa shape index (κ2) is 8.83. The van der Waals surface area contributed by atoms with E-state index in [1.54, 1.807) is 6.07 Å². The lowest BCUT2D eigenvalue weighted by Gasteiger charge is -2.26. The average Bonchev–Trinajstić information content (AvgIpc) is 3.33. The molecule has 0 amide bonds. The van der Waals surface area contributed by atoms with Crippen LogP contribution >= 0.6 is 0 Å². The van der Waals surface area contributed by atoms with Crippen molar-refractivity contribution < 1.29 is 9.53 Å². The second-order valence-electron chi connectivity index (χ2n) is 8.00. The third kappa shape index (κ3) is 3.96. The fraction of sp³-hybridized carbons (Fsp3) is 0.231. The standard InChI is InChI=1S/C26H24N4O2/c27-18-19-16-21-5-8-23-2-1-10-30(23)25(21)24(17-19)26(31)20-3-6-22(7-4-20)28-9-11-29-12-14-32-15-13-29/h1-8,10,16-17,28H,9,11-15H2. The van der Waals surface area contributed by atoms with E-state index in [0.717, 1.165) is 61.5 Å². The quantitative estimate of drug-likeness (QED) is 0.475. The summed E-state index contributed by atoms with van der Waals surface area (Å²) in [5.74, 6) is -0.0897. The molecule has 6 heteroatoms. The van der Waals surface area contributed by atoms with Gasteiger partial charge in [-0.1, -0.05) is 6.07 Å². The van der Waals surface area contributed by atoms with Gasteiger partial charge in [-0.15, -0.1) is 0 Å². The summed E-state index contributed by atoms with van der Waals surface area (Å²) in [5.41, 5.74) is 4.44. The van der Waals surface area contributed by atoms with Crippen molar-refractivity contribution in [2.75, 3.05) is 44.7 Å². The molecule has 0 aliphatic carbocycles. The van der Waals surface area contributed by atoms with Gasteiger partial charge in [0.15, 0.2) is 5.78 Å². The summed E-state index contributed by atoms with van der Waals surface area (Å²) in [6.07, 6.45) is 1.95. The smallest absolute Gasteiger partial charge is 0.195 e. The van der Waals surface area contributed by atoms with Gasteiger partial charge in [-0.3, -0.25) is 9.69 Å². The molecule has 1 N–H and O–H groups in total. The van der Waals surface area contributed by atoms with Crippen molar-refractivity contribution in [2.24, 2.45) is 0 Å². The molecule has 160 valence electrons. The molecule has 32 heavy (non-hydrogen) atoms. The van der Waals surface area contributed by atoms with Crippen molar-refractivity contribution in [1.82, 2.24) is 9.30 Å². The van der Waals surface area contributed by atoms with E-state index in [2.05, 4.69) is 16.3 Å². The molecule has 0 spiro atoms. The Hall–Kier alpha value is -3.66. The molecular formula is C26H24N4O2. The van der Waals surface area contributed by atoms with Crippen LogP contribution in [0.2, 0.25) is 0 Å². The zero-order chi connectivity index (χ0) is 21.9. The van der Waals surface area contributed by atoms with Crippen molar-refractivity contribution in [3.8, 4) is 6.07 Å². The maximum Gasteiger partial charge on any atom is 0.195 e. The molecule has 4 aromatic rings. The Morgan fingerprint density at radius 1 is 1.06 bits per heavy atom. The lowest BCUT2D eigenvalue weighted by molar-refractivity contribution is 0.0398. The summed E-state index contributed by atoms with van der Waals surface area (Å²) in [7, 11) is 0. The minimum absolute atomic E-state index is 0.0897. The number of fused-ring (bicyclic) bond motifs is 3. The summed E-state index contributed by atoms with van der Waals surface area (Å²) in [5, 5.41) is 13.8. The van der Waals surface area contributed by atoms with Crippen molar-refractivity contribution >= 4 is 27.9 Å². The number of aromatic nitrogens is 1. The van der Waals surface area contributed by atoms with Crippen LogP contribution in [0.4, 0.5) is 5.69 Å². The highest BCUT2D eigenvalue weighted by Crippen LogP contribution is 2.26. The van der Waals surface area contributed by atoms with Gasteiger partial charge >= 0.3 is 0 Å². The summed E-state index contributed by atoms with van der Waals surface area (Å²) < 4.78 is 7.39. The number of nitrogens with one attached hydrogen (secondary N) is 1. The van der Waals surface area contributed by atoms with E-state index in [-0.39, 0.29) is 5.78 Å². The third-order valence-corrected chi connectivity index (χ3v) is 5.98. The predicted molar refractivity (Wildman–Crippen MR) is 125 cm³/mol. The summed E-state index contributed by atoms with van der Waals surface area (Å²) >= 11 is 0. The minimum atomic E-state index is -0.0897. The van der Waals surface area contributed by atoms with E-state index in [1.807, 2.05) is 65.2 Å². The summed E-state index contributed by atoms with van der Waals surface area (Å²) in [6.45, 7) is 5.35. The number of benzene rings is 2. The molecular weight excluding hydrogens is 400 g/mol. The molecule has 6 nitrogen and oxygen atoms in total. The van der Waals surface area contributed by atoms with Crippen LogP contribution in [0.15, 0.2) is 66.9 Å². The third-order valence-electron chi connectivity index (χ3n) is 5.98. The Bertz CT molecular complexity index is 1310. The number of hydrogen-bond donors (Lipinski definition) is 1.